The average molecular weight is 483 g/mol. The summed E-state index contributed by atoms with van der Waals surface area (Å²) < 4.78 is 30.7. The summed E-state index contributed by atoms with van der Waals surface area (Å²) in [6, 6.07) is 27.8. The minimum atomic E-state index is -3.70. The summed E-state index contributed by atoms with van der Waals surface area (Å²) in [6.07, 6.45) is 2.05. The van der Waals surface area contributed by atoms with Gasteiger partial charge in [-0.1, -0.05) is 42.5 Å². The molecule has 4 aromatic rings. The molecule has 2 aliphatic rings. The molecule has 3 heterocycles. The molecule has 0 radical (unpaired) electrons. The lowest BCUT2D eigenvalue weighted by Crippen LogP contribution is -2.42. The molecular formula is C27H22N4O3S. The van der Waals surface area contributed by atoms with Crippen LogP contribution in [0.3, 0.4) is 0 Å². The van der Waals surface area contributed by atoms with Gasteiger partial charge in [-0.25, -0.2) is 0 Å². The van der Waals surface area contributed by atoms with Gasteiger partial charge in [-0.05, 0) is 54.1 Å². The van der Waals surface area contributed by atoms with Gasteiger partial charge in [0.2, 0.25) is 0 Å². The Kier molecular flexibility index (Phi) is 5.04. The molecule has 0 fully saturated rings. The first-order valence-corrected chi connectivity index (χ1v) is 12.8. The number of nitrogens with one attached hydrogen (secondary N) is 1. The van der Waals surface area contributed by atoms with Gasteiger partial charge in [0.25, 0.3) is 15.9 Å². The molecule has 6 rings (SSSR count). The Morgan fingerprint density at radius 3 is 2.40 bits per heavy atom. The number of hydrogen-bond acceptors (Lipinski definition) is 4. The van der Waals surface area contributed by atoms with Gasteiger partial charge in [-0.2, -0.15) is 8.42 Å². The molecule has 1 amide bonds. The summed E-state index contributed by atoms with van der Waals surface area (Å²) >= 11 is 0. The number of amidine groups is 1. The Balaban J connectivity index is 1.27. The summed E-state index contributed by atoms with van der Waals surface area (Å²) in [5.41, 5.74) is 3.91. The monoisotopic (exact) mass is 482 g/mol. The van der Waals surface area contributed by atoms with E-state index in [1.165, 1.54) is 0 Å². The van der Waals surface area contributed by atoms with E-state index in [4.69, 9.17) is 0 Å². The van der Waals surface area contributed by atoms with E-state index < -0.39 is 10.0 Å². The predicted molar refractivity (Wildman–Crippen MR) is 134 cm³/mol. The molecule has 0 saturated carbocycles. The largest absolute Gasteiger partial charge is 0.348 e. The minimum Gasteiger partial charge on any atom is -0.348 e. The van der Waals surface area contributed by atoms with Crippen molar-refractivity contribution in [3.8, 4) is 0 Å². The molecule has 0 aliphatic carbocycles. The van der Waals surface area contributed by atoms with Gasteiger partial charge in [-0.15, -0.1) is 4.40 Å². The van der Waals surface area contributed by atoms with E-state index >= 15 is 0 Å². The molecule has 2 aliphatic heterocycles. The molecule has 8 heteroatoms. The maximum absolute atomic E-state index is 13.6. The molecule has 7 nitrogen and oxygen atoms in total. The number of carbonyl (C=O) groups is 1. The van der Waals surface area contributed by atoms with E-state index in [0.717, 1.165) is 17.8 Å². The smallest absolute Gasteiger partial charge is 0.285 e. The predicted octanol–water partition coefficient (Wildman–Crippen LogP) is 4.29. The first-order valence-electron chi connectivity index (χ1n) is 11.3. The first-order chi connectivity index (χ1) is 17.0. The van der Waals surface area contributed by atoms with Crippen LogP contribution in [-0.2, 0) is 16.6 Å². The van der Waals surface area contributed by atoms with Gasteiger partial charge in [0, 0.05) is 41.8 Å². The highest BCUT2D eigenvalue weighted by atomic mass is 32.2. The fraction of sp³-hybridized carbons (Fsp3) is 0.111. The van der Waals surface area contributed by atoms with E-state index in [1.807, 2.05) is 29.2 Å². The lowest BCUT2D eigenvalue weighted by Gasteiger charge is -2.37. The zero-order valence-corrected chi connectivity index (χ0v) is 19.5. The third-order valence-electron chi connectivity index (χ3n) is 6.44. The van der Waals surface area contributed by atoms with Crippen LogP contribution >= 0.6 is 0 Å². The van der Waals surface area contributed by atoms with Gasteiger partial charge < -0.3 is 14.8 Å². The number of nitrogens with zero attached hydrogens (tertiary/aromatic N) is 3. The topological polar surface area (TPSA) is 83.8 Å². The molecule has 1 aromatic heterocycles. The van der Waals surface area contributed by atoms with Crippen LogP contribution in [0.15, 0.2) is 106 Å². The number of amides is 1. The maximum atomic E-state index is 13.6. The molecule has 1 N–H and O–H groups in total. The Labute approximate surface area is 203 Å². The zero-order valence-electron chi connectivity index (χ0n) is 18.7. The Bertz CT molecular complexity index is 1560. The van der Waals surface area contributed by atoms with Gasteiger partial charge in [0.05, 0.1) is 6.04 Å². The van der Waals surface area contributed by atoms with E-state index in [9.17, 15) is 13.2 Å². The SMILES string of the molecule is O=C(c1ccc(NC2=NS(=O)(=O)c3ccccc32)cc1)N1CCn2cccc2C1c1ccccc1. The van der Waals surface area contributed by atoms with Crippen molar-refractivity contribution in [2.75, 3.05) is 11.9 Å². The molecule has 3 aromatic carbocycles. The van der Waals surface area contributed by atoms with Crippen molar-refractivity contribution in [1.82, 2.24) is 9.47 Å². The summed E-state index contributed by atoms with van der Waals surface area (Å²) in [4.78, 5) is 15.7. The number of anilines is 1. The third kappa shape index (κ3) is 3.72. The van der Waals surface area contributed by atoms with E-state index in [-0.39, 0.29) is 22.7 Å². The molecule has 35 heavy (non-hydrogen) atoms. The number of rotatable bonds is 3. The first kappa shape index (κ1) is 21.4. The van der Waals surface area contributed by atoms with Crippen molar-refractivity contribution in [3.05, 3.63) is 120 Å². The number of carbonyl (C=O) groups excluding carboxylic acids is 1. The molecule has 0 spiro atoms. The van der Waals surface area contributed by atoms with Crippen LogP contribution in [0.1, 0.15) is 33.2 Å². The molecule has 174 valence electrons. The van der Waals surface area contributed by atoms with Crippen molar-refractivity contribution in [2.45, 2.75) is 17.5 Å². The zero-order chi connectivity index (χ0) is 24.0. The van der Waals surface area contributed by atoms with E-state index in [2.05, 4.69) is 38.7 Å². The van der Waals surface area contributed by atoms with Crippen molar-refractivity contribution < 1.29 is 13.2 Å². The molecule has 0 bridgehead atoms. The van der Waals surface area contributed by atoms with Crippen LogP contribution in [0.25, 0.3) is 0 Å². The highest BCUT2D eigenvalue weighted by Crippen LogP contribution is 2.33. The lowest BCUT2D eigenvalue weighted by molar-refractivity contribution is 0.0664. The number of aromatic nitrogens is 1. The molecule has 1 atom stereocenters. The van der Waals surface area contributed by atoms with Crippen molar-refractivity contribution in [1.29, 1.82) is 0 Å². The van der Waals surface area contributed by atoms with Crippen molar-refractivity contribution >= 4 is 27.5 Å². The standard InChI is InChI=1S/C27H22N4O3S/c32-27(31-18-17-30-16-6-10-23(30)25(31)19-7-2-1-3-8-19)20-12-14-21(15-13-20)28-26-22-9-4-5-11-24(22)35(33,34)29-26/h1-16,25H,17-18H2,(H,28,29). The van der Waals surface area contributed by atoms with Gasteiger partial charge in [-0.3, -0.25) is 4.79 Å². The lowest BCUT2D eigenvalue weighted by atomic mass is 9.99. The normalized spacial score (nSPS) is 17.9. The average Bonchev–Trinajstić information content (AvgIpc) is 3.46. The van der Waals surface area contributed by atoms with Crippen LogP contribution < -0.4 is 5.32 Å². The summed E-state index contributed by atoms with van der Waals surface area (Å²) in [7, 11) is -3.70. The highest BCUT2D eigenvalue weighted by molar-refractivity contribution is 7.90. The number of sulfonamides is 1. The summed E-state index contributed by atoms with van der Waals surface area (Å²) in [5.74, 6) is 0.226. The van der Waals surface area contributed by atoms with Crippen LogP contribution in [0.2, 0.25) is 0 Å². The third-order valence-corrected chi connectivity index (χ3v) is 7.78. The Hall–Kier alpha value is -4.17. The molecular weight excluding hydrogens is 460 g/mol. The van der Waals surface area contributed by atoms with Gasteiger partial charge in [0.15, 0.2) is 5.84 Å². The molecule has 1 unspecified atom stereocenters. The Morgan fingerprint density at radius 2 is 1.60 bits per heavy atom. The second-order valence-corrected chi connectivity index (χ2v) is 10.1. The van der Waals surface area contributed by atoms with Gasteiger partial charge >= 0.3 is 0 Å². The van der Waals surface area contributed by atoms with E-state index in [1.54, 1.807) is 48.5 Å². The summed E-state index contributed by atoms with van der Waals surface area (Å²) in [5, 5.41) is 3.09. The van der Waals surface area contributed by atoms with Crippen molar-refractivity contribution in [2.24, 2.45) is 4.40 Å². The second kappa shape index (κ2) is 8.25. The fourth-order valence-electron chi connectivity index (χ4n) is 4.78. The number of hydrogen-bond donors (Lipinski definition) is 1. The van der Waals surface area contributed by atoms with Gasteiger partial charge in [0.1, 0.15) is 4.90 Å². The maximum Gasteiger partial charge on any atom is 0.285 e. The minimum absolute atomic E-state index is 0.0519. The quantitative estimate of drug-likeness (QED) is 0.472. The van der Waals surface area contributed by atoms with E-state index in [0.29, 0.717) is 23.4 Å². The van der Waals surface area contributed by atoms with Crippen LogP contribution in [0.5, 0.6) is 0 Å². The molecule has 0 saturated heterocycles. The number of fused-ring (bicyclic) bond motifs is 2. The fourth-order valence-corrected chi connectivity index (χ4v) is 5.96. The van der Waals surface area contributed by atoms with Crippen LogP contribution in [-0.4, -0.2) is 36.2 Å². The van der Waals surface area contributed by atoms with Crippen molar-refractivity contribution in [3.63, 3.8) is 0 Å². The van der Waals surface area contributed by atoms with Crippen LogP contribution in [0.4, 0.5) is 5.69 Å². The number of benzene rings is 3. The van der Waals surface area contributed by atoms with Crippen LogP contribution in [0, 0.1) is 0 Å². The second-order valence-electron chi connectivity index (χ2n) is 8.55. The summed E-state index contributed by atoms with van der Waals surface area (Å²) in [6.45, 7) is 1.34. The highest BCUT2D eigenvalue weighted by Gasteiger charge is 2.33. The Morgan fingerprint density at radius 1 is 0.857 bits per heavy atom.